The van der Waals surface area contributed by atoms with E-state index in [0.29, 0.717) is 0 Å². The van der Waals surface area contributed by atoms with Crippen LogP contribution < -0.4 is 0 Å². The molecule has 0 aromatic rings. The average molecular weight is 252 g/mol. The molecule has 0 heterocycles. The summed E-state index contributed by atoms with van der Waals surface area (Å²) in [6, 6.07) is 0. The largest absolute Gasteiger partial charge is 0.0651 e. The van der Waals surface area contributed by atoms with Crippen molar-refractivity contribution in [2.75, 3.05) is 0 Å². The third-order valence-electron chi connectivity index (χ3n) is 4.10. The van der Waals surface area contributed by atoms with Gasteiger partial charge in [-0.3, -0.25) is 0 Å². The van der Waals surface area contributed by atoms with Crippen LogP contribution in [0.4, 0.5) is 0 Å². The predicted molar refractivity (Wildman–Crippen MR) is 84.5 cm³/mol. The molecule has 0 saturated carbocycles. The molecule has 2 radical (unpaired) electrons. The molecule has 0 aliphatic heterocycles. The molecule has 0 N–H and O–H groups in total. The van der Waals surface area contributed by atoms with Crippen LogP contribution in [-0.4, -0.2) is 0 Å². The lowest BCUT2D eigenvalue weighted by atomic mass is 9.95. The molecule has 0 rings (SSSR count). The van der Waals surface area contributed by atoms with Gasteiger partial charge in [0.15, 0.2) is 0 Å². The summed E-state index contributed by atoms with van der Waals surface area (Å²) in [5.41, 5.74) is 0. The lowest BCUT2D eigenvalue weighted by Crippen LogP contribution is -1.96. The predicted octanol–water partition coefficient (Wildman–Crippen LogP) is 6.75. The van der Waals surface area contributed by atoms with Crippen molar-refractivity contribution in [1.29, 1.82) is 0 Å². The van der Waals surface area contributed by atoms with Crippen molar-refractivity contribution in [2.24, 2.45) is 5.92 Å². The molecule has 0 bridgehead atoms. The molecule has 0 aliphatic rings. The van der Waals surface area contributed by atoms with E-state index in [2.05, 4.69) is 20.8 Å². The first kappa shape index (κ1) is 18.0. The minimum atomic E-state index is 0.887. The van der Waals surface area contributed by atoms with Crippen LogP contribution in [0.3, 0.4) is 0 Å². The quantitative estimate of drug-likeness (QED) is 0.300. The van der Waals surface area contributed by atoms with Crippen molar-refractivity contribution in [3.05, 3.63) is 13.8 Å². The van der Waals surface area contributed by atoms with Crippen LogP contribution in [0.15, 0.2) is 0 Å². The Balaban J connectivity index is 3.03. The normalized spacial score (nSPS) is 11.3. The third kappa shape index (κ3) is 12.5. The van der Waals surface area contributed by atoms with Gasteiger partial charge in [0.2, 0.25) is 0 Å². The summed E-state index contributed by atoms with van der Waals surface area (Å²) in [6.45, 7) is 10.2. The van der Waals surface area contributed by atoms with Crippen molar-refractivity contribution in [3.63, 3.8) is 0 Å². The van der Waals surface area contributed by atoms with Crippen LogP contribution in [0.25, 0.3) is 0 Å². The molecule has 18 heavy (non-hydrogen) atoms. The van der Waals surface area contributed by atoms with Crippen LogP contribution in [-0.2, 0) is 0 Å². The van der Waals surface area contributed by atoms with Crippen molar-refractivity contribution in [1.82, 2.24) is 0 Å². The van der Waals surface area contributed by atoms with E-state index < -0.39 is 0 Å². The summed E-state index contributed by atoms with van der Waals surface area (Å²) in [6.07, 6.45) is 19.2. The standard InChI is InChI=1S/C18H36/c1-4-7-8-9-10-11-12-13-14-15-16-17-18(5-2)6-3/h18H,1-2,4-17H2,3H3. The van der Waals surface area contributed by atoms with Gasteiger partial charge in [-0.1, -0.05) is 111 Å². The van der Waals surface area contributed by atoms with E-state index in [-0.39, 0.29) is 0 Å². The first-order valence-electron chi connectivity index (χ1n) is 8.43. The Hall–Kier alpha value is 0. The second-order valence-corrected chi connectivity index (χ2v) is 5.74. The Morgan fingerprint density at radius 1 is 0.667 bits per heavy atom. The average Bonchev–Trinajstić information content (AvgIpc) is 2.40. The van der Waals surface area contributed by atoms with Gasteiger partial charge in [-0.15, -0.1) is 0 Å². The fraction of sp³-hybridized carbons (Fsp3) is 0.889. The third-order valence-corrected chi connectivity index (χ3v) is 4.10. The molecule has 0 nitrogen and oxygen atoms in total. The van der Waals surface area contributed by atoms with E-state index in [0.717, 1.165) is 18.8 Å². The molecule has 108 valence electrons. The van der Waals surface area contributed by atoms with Gasteiger partial charge in [-0.25, -0.2) is 0 Å². The molecule has 0 aliphatic carbocycles. The van der Waals surface area contributed by atoms with E-state index in [1.54, 1.807) is 0 Å². The Labute approximate surface area is 117 Å². The number of unbranched alkanes of at least 4 members (excludes halogenated alkanes) is 10. The van der Waals surface area contributed by atoms with Gasteiger partial charge in [0.25, 0.3) is 0 Å². The zero-order valence-corrected chi connectivity index (χ0v) is 12.9. The topological polar surface area (TPSA) is 0 Å². The highest BCUT2D eigenvalue weighted by Gasteiger charge is 2.02. The smallest absolute Gasteiger partial charge is 0.0417 e. The van der Waals surface area contributed by atoms with Crippen LogP contribution in [0.5, 0.6) is 0 Å². The molecule has 0 heteroatoms. The highest BCUT2D eigenvalue weighted by atomic mass is 14.1. The molecule has 0 aromatic heterocycles. The van der Waals surface area contributed by atoms with Gasteiger partial charge in [0.05, 0.1) is 0 Å². The Kier molecular flexibility index (Phi) is 15.1. The van der Waals surface area contributed by atoms with E-state index in [1.807, 2.05) is 0 Å². The van der Waals surface area contributed by atoms with Crippen LogP contribution in [0, 0.1) is 19.8 Å². The van der Waals surface area contributed by atoms with E-state index in [9.17, 15) is 0 Å². The molecular weight excluding hydrogens is 216 g/mol. The zero-order chi connectivity index (χ0) is 13.5. The minimum absolute atomic E-state index is 0.887. The van der Waals surface area contributed by atoms with Crippen molar-refractivity contribution >= 4 is 0 Å². The number of rotatable bonds is 14. The highest BCUT2D eigenvalue weighted by Crippen LogP contribution is 2.18. The minimum Gasteiger partial charge on any atom is -0.0651 e. The summed E-state index contributed by atoms with van der Waals surface area (Å²) >= 11 is 0. The number of hydrogen-bond donors (Lipinski definition) is 0. The first-order chi connectivity index (χ1) is 8.85. The molecule has 0 aromatic carbocycles. The van der Waals surface area contributed by atoms with E-state index in [4.69, 9.17) is 0 Å². The summed E-state index contributed by atoms with van der Waals surface area (Å²) in [4.78, 5) is 0. The van der Waals surface area contributed by atoms with E-state index in [1.165, 1.54) is 77.0 Å². The SMILES string of the molecule is [CH2]CCCCCCCCCCCCC(C[CH2])CC. The maximum Gasteiger partial charge on any atom is -0.0417 e. The van der Waals surface area contributed by atoms with E-state index >= 15 is 0 Å². The summed E-state index contributed by atoms with van der Waals surface area (Å²) < 4.78 is 0. The van der Waals surface area contributed by atoms with Crippen molar-refractivity contribution in [2.45, 2.75) is 96.8 Å². The van der Waals surface area contributed by atoms with Crippen molar-refractivity contribution in [3.8, 4) is 0 Å². The van der Waals surface area contributed by atoms with Gasteiger partial charge in [-0.05, 0) is 5.92 Å². The van der Waals surface area contributed by atoms with Crippen LogP contribution >= 0.6 is 0 Å². The Morgan fingerprint density at radius 2 is 1.11 bits per heavy atom. The Bertz CT molecular complexity index is 135. The maximum atomic E-state index is 4.02. The second-order valence-electron chi connectivity index (χ2n) is 5.74. The number of hydrogen-bond acceptors (Lipinski definition) is 0. The zero-order valence-electron chi connectivity index (χ0n) is 12.9. The summed E-state index contributed by atoms with van der Waals surface area (Å²) in [7, 11) is 0. The molecule has 1 atom stereocenters. The monoisotopic (exact) mass is 252 g/mol. The maximum absolute atomic E-state index is 4.02. The fourth-order valence-electron chi connectivity index (χ4n) is 2.58. The molecule has 0 saturated heterocycles. The van der Waals surface area contributed by atoms with Crippen molar-refractivity contribution < 1.29 is 0 Å². The second kappa shape index (κ2) is 15.1. The van der Waals surface area contributed by atoms with Gasteiger partial charge in [0.1, 0.15) is 0 Å². The molecule has 0 amide bonds. The van der Waals surface area contributed by atoms with Gasteiger partial charge in [0, 0.05) is 0 Å². The molecule has 1 unspecified atom stereocenters. The lowest BCUT2D eigenvalue weighted by molar-refractivity contribution is 0.440. The van der Waals surface area contributed by atoms with Crippen LogP contribution in [0.1, 0.15) is 96.8 Å². The molecule has 0 fully saturated rings. The van der Waals surface area contributed by atoms with Gasteiger partial charge >= 0.3 is 0 Å². The summed E-state index contributed by atoms with van der Waals surface area (Å²) in [5.74, 6) is 0.887. The Morgan fingerprint density at radius 3 is 1.50 bits per heavy atom. The van der Waals surface area contributed by atoms with Gasteiger partial charge < -0.3 is 0 Å². The fourth-order valence-corrected chi connectivity index (χ4v) is 2.58. The molecule has 0 spiro atoms. The molecular formula is C18H36. The first-order valence-corrected chi connectivity index (χ1v) is 8.43. The summed E-state index contributed by atoms with van der Waals surface area (Å²) in [5, 5.41) is 0. The lowest BCUT2D eigenvalue weighted by Gasteiger charge is -2.11. The van der Waals surface area contributed by atoms with Gasteiger partial charge in [-0.2, -0.15) is 0 Å². The van der Waals surface area contributed by atoms with Crippen LogP contribution in [0.2, 0.25) is 0 Å². The highest BCUT2D eigenvalue weighted by molar-refractivity contribution is 4.59.